The van der Waals surface area contributed by atoms with Gasteiger partial charge in [0.2, 0.25) is 21.8 Å². The molecule has 0 aliphatic heterocycles. The molecule has 0 aliphatic rings. The molecule has 0 spiro atoms. The van der Waals surface area contributed by atoms with Crippen molar-refractivity contribution in [2.75, 3.05) is 23.3 Å². The van der Waals surface area contributed by atoms with Gasteiger partial charge < -0.3 is 10.2 Å². The maximum atomic E-state index is 12.4. The minimum absolute atomic E-state index is 0.0731. The molecule has 7 nitrogen and oxygen atoms in total. The monoisotopic (exact) mass is 389 g/mol. The molecule has 2 N–H and O–H groups in total. The van der Waals surface area contributed by atoms with Gasteiger partial charge in [0.05, 0.1) is 4.90 Å². The molecule has 0 saturated carbocycles. The Hall–Kier alpha value is -2.71. The van der Waals surface area contributed by atoms with Gasteiger partial charge in [0.1, 0.15) is 0 Å². The molecule has 0 radical (unpaired) electrons. The number of carbonyl (C=O) groups excluding carboxylic acids is 2. The second-order valence-electron chi connectivity index (χ2n) is 6.06. The lowest BCUT2D eigenvalue weighted by Gasteiger charge is -2.23. The van der Waals surface area contributed by atoms with Gasteiger partial charge in [-0.25, -0.2) is 13.1 Å². The molecule has 0 heterocycles. The van der Waals surface area contributed by atoms with Crippen molar-refractivity contribution < 1.29 is 18.0 Å². The number of hydrogen-bond donors (Lipinski definition) is 2. The molecule has 2 rings (SSSR count). The molecule has 0 unspecified atom stereocenters. The second kappa shape index (κ2) is 8.79. The summed E-state index contributed by atoms with van der Waals surface area (Å²) in [6.07, 6.45) is 0. The molecule has 8 heteroatoms. The van der Waals surface area contributed by atoms with E-state index in [0.29, 0.717) is 5.69 Å². The van der Waals surface area contributed by atoms with Crippen LogP contribution in [0, 0.1) is 6.92 Å². The van der Waals surface area contributed by atoms with Crippen LogP contribution in [-0.2, 0) is 19.6 Å². The number of para-hydroxylation sites is 1. The van der Waals surface area contributed by atoms with Crippen LogP contribution in [0.5, 0.6) is 0 Å². The van der Waals surface area contributed by atoms with E-state index in [2.05, 4.69) is 10.0 Å². The van der Waals surface area contributed by atoms with Crippen molar-refractivity contribution in [3.05, 3.63) is 54.1 Å². The highest BCUT2D eigenvalue weighted by atomic mass is 32.2. The first kappa shape index (κ1) is 20.6. The van der Waals surface area contributed by atoms with Crippen LogP contribution >= 0.6 is 0 Å². The summed E-state index contributed by atoms with van der Waals surface area (Å²) in [6.45, 7) is 5.00. The highest BCUT2D eigenvalue weighted by Gasteiger charge is 2.17. The van der Waals surface area contributed by atoms with Crippen LogP contribution in [0.2, 0.25) is 0 Å². The molecular formula is C19H23N3O4S. The standard InChI is InChI=1S/C19H23N3O4S/c1-14-6-4-5-7-19(14)22(16(3)24)13-12-20-27(25,26)18-10-8-17(9-11-18)21-15(2)23/h4-11,20H,12-13H2,1-3H3,(H,21,23). The Morgan fingerprint density at radius 2 is 1.63 bits per heavy atom. The molecule has 144 valence electrons. The first-order valence-electron chi connectivity index (χ1n) is 8.42. The SMILES string of the molecule is CC(=O)Nc1ccc(S(=O)(=O)NCCN(C(C)=O)c2ccccc2C)cc1. The topological polar surface area (TPSA) is 95.6 Å². The van der Waals surface area contributed by atoms with E-state index in [1.54, 1.807) is 0 Å². The van der Waals surface area contributed by atoms with Crippen molar-refractivity contribution in [2.24, 2.45) is 0 Å². The number of hydrogen-bond acceptors (Lipinski definition) is 4. The fraction of sp³-hybridized carbons (Fsp3) is 0.263. The number of carbonyl (C=O) groups is 2. The molecule has 27 heavy (non-hydrogen) atoms. The molecule has 0 aliphatic carbocycles. The van der Waals surface area contributed by atoms with Crippen molar-refractivity contribution in [1.82, 2.24) is 4.72 Å². The number of amides is 2. The lowest BCUT2D eigenvalue weighted by molar-refractivity contribution is -0.116. The zero-order valence-electron chi connectivity index (χ0n) is 15.5. The van der Waals surface area contributed by atoms with Gasteiger partial charge >= 0.3 is 0 Å². The number of sulfonamides is 1. The summed E-state index contributed by atoms with van der Waals surface area (Å²) in [4.78, 5) is 24.6. The van der Waals surface area contributed by atoms with Crippen LogP contribution in [0.1, 0.15) is 19.4 Å². The summed E-state index contributed by atoms with van der Waals surface area (Å²) in [7, 11) is -3.72. The molecule has 2 aromatic carbocycles. The first-order chi connectivity index (χ1) is 12.7. The molecule has 0 aromatic heterocycles. The Morgan fingerprint density at radius 1 is 1.00 bits per heavy atom. The van der Waals surface area contributed by atoms with Crippen molar-refractivity contribution in [3.63, 3.8) is 0 Å². The Bertz CT molecular complexity index is 924. The predicted octanol–water partition coefficient (Wildman–Crippen LogP) is 2.28. The summed E-state index contributed by atoms with van der Waals surface area (Å²) < 4.78 is 27.3. The van der Waals surface area contributed by atoms with Crippen molar-refractivity contribution in [1.29, 1.82) is 0 Å². The molecular weight excluding hydrogens is 366 g/mol. The van der Waals surface area contributed by atoms with Gasteiger partial charge in [-0.05, 0) is 42.8 Å². The van der Waals surface area contributed by atoms with Gasteiger partial charge in [-0.15, -0.1) is 0 Å². The van der Waals surface area contributed by atoms with Gasteiger partial charge in [-0.2, -0.15) is 0 Å². The molecule has 2 amide bonds. The third kappa shape index (κ3) is 5.63. The zero-order chi connectivity index (χ0) is 20.0. The van der Waals surface area contributed by atoms with Crippen molar-refractivity contribution in [3.8, 4) is 0 Å². The van der Waals surface area contributed by atoms with Gasteiger partial charge in [0.25, 0.3) is 0 Å². The van der Waals surface area contributed by atoms with Crippen LogP contribution < -0.4 is 14.9 Å². The van der Waals surface area contributed by atoms with Crippen LogP contribution in [0.4, 0.5) is 11.4 Å². The fourth-order valence-electron chi connectivity index (χ4n) is 2.61. The molecule has 0 atom stereocenters. The maximum Gasteiger partial charge on any atom is 0.240 e. The summed E-state index contributed by atoms with van der Waals surface area (Å²) in [5.74, 6) is -0.396. The minimum Gasteiger partial charge on any atom is -0.326 e. The number of nitrogens with zero attached hydrogens (tertiary/aromatic N) is 1. The Kier molecular flexibility index (Phi) is 6.70. The van der Waals surface area contributed by atoms with E-state index in [9.17, 15) is 18.0 Å². The number of benzene rings is 2. The van der Waals surface area contributed by atoms with E-state index in [1.807, 2.05) is 31.2 Å². The van der Waals surface area contributed by atoms with E-state index >= 15 is 0 Å². The fourth-order valence-corrected chi connectivity index (χ4v) is 3.63. The third-order valence-electron chi connectivity index (χ3n) is 3.90. The highest BCUT2D eigenvalue weighted by Crippen LogP contribution is 2.19. The quantitative estimate of drug-likeness (QED) is 0.759. The van der Waals surface area contributed by atoms with E-state index in [1.165, 1.54) is 43.0 Å². The second-order valence-corrected chi connectivity index (χ2v) is 7.83. The lowest BCUT2D eigenvalue weighted by Crippen LogP contribution is -2.37. The lowest BCUT2D eigenvalue weighted by atomic mass is 10.2. The summed E-state index contributed by atoms with van der Waals surface area (Å²) in [5.41, 5.74) is 2.21. The first-order valence-corrected chi connectivity index (χ1v) is 9.90. The van der Waals surface area contributed by atoms with E-state index in [0.717, 1.165) is 11.3 Å². The number of rotatable bonds is 7. The van der Waals surface area contributed by atoms with E-state index < -0.39 is 10.0 Å². The number of anilines is 2. The molecule has 0 saturated heterocycles. The summed E-state index contributed by atoms with van der Waals surface area (Å²) in [6, 6.07) is 13.3. The van der Waals surface area contributed by atoms with Gasteiger partial charge in [-0.3, -0.25) is 9.59 Å². The molecule has 2 aromatic rings. The van der Waals surface area contributed by atoms with Gasteiger partial charge in [-0.1, -0.05) is 18.2 Å². The van der Waals surface area contributed by atoms with Gasteiger partial charge in [0, 0.05) is 38.3 Å². The highest BCUT2D eigenvalue weighted by molar-refractivity contribution is 7.89. The van der Waals surface area contributed by atoms with Crippen molar-refractivity contribution >= 4 is 33.2 Å². The number of aryl methyl sites for hydroxylation is 1. The zero-order valence-corrected chi connectivity index (χ0v) is 16.3. The average molecular weight is 389 g/mol. The van der Waals surface area contributed by atoms with Gasteiger partial charge in [0.15, 0.2) is 0 Å². The van der Waals surface area contributed by atoms with Crippen LogP contribution in [0.15, 0.2) is 53.4 Å². The number of nitrogens with one attached hydrogen (secondary N) is 2. The van der Waals surface area contributed by atoms with E-state index in [-0.39, 0.29) is 29.8 Å². The van der Waals surface area contributed by atoms with E-state index in [4.69, 9.17) is 0 Å². The largest absolute Gasteiger partial charge is 0.326 e. The molecule has 0 bridgehead atoms. The Morgan fingerprint density at radius 3 is 2.19 bits per heavy atom. The molecule has 0 fully saturated rings. The van der Waals surface area contributed by atoms with Crippen LogP contribution in [0.25, 0.3) is 0 Å². The van der Waals surface area contributed by atoms with Crippen molar-refractivity contribution in [2.45, 2.75) is 25.7 Å². The smallest absolute Gasteiger partial charge is 0.240 e. The maximum absolute atomic E-state index is 12.4. The van der Waals surface area contributed by atoms with Crippen LogP contribution in [0.3, 0.4) is 0 Å². The average Bonchev–Trinajstić information content (AvgIpc) is 2.59. The third-order valence-corrected chi connectivity index (χ3v) is 5.38. The normalized spacial score (nSPS) is 11.1. The minimum atomic E-state index is -3.72. The predicted molar refractivity (Wildman–Crippen MR) is 105 cm³/mol. The Labute approximate surface area is 159 Å². The Balaban J connectivity index is 2.04. The van der Waals surface area contributed by atoms with Crippen LogP contribution in [-0.4, -0.2) is 33.3 Å². The summed E-state index contributed by atoms with van der Waals surface area (Å²) in [5, 5.41) is 2.58. The summed E-state index contributed by atoms with van der Waals surface area (Å²) >= 11 is 0.